The number of rotatable bonds is 3. The molecule has 0 saturated heterocycles. The smallest absolute Gasteiger partial charge is 0.251 e. The third kappa shape index (κ3) is 2.68. The van der Waals surface area contributed by atoms with E-state index in [2.05, 4.69) is 6.07 Å². The van der Waals surface area contributed by atoms with E-state index < -0.39 is 0 Å². The van der Waals surface area contributed by atoms with Gasteiger partial charge in [0.25, 0.3) is 5.91 Å². The zero-order valence-corrected chi connectivity index (χ0v) is 12.0. The third-order valence-corrected chi connectivity index (χ3v) is 3.70. The molecule has 0 spiro atoms. The topological polar surface area (TPSA) is 29.5 Å². The number of ether oxygens (including phenoxy) is 1. The molecular weight excluding hydrogens is 262 g/mol. The maximum atomic E-state index is 12.4. The molecule has 1 heterocycles. The minimum Gasteiger partial charge on any atom is -0.496 e. The number of benzene rings is 2. The highest BCUT2D eigenvalue weighted by Gasteiger charge is 2.22. The predicted molar refractivity (Wildman–Crippen MR) is 84.5 cm³/mol. The maximum absolute atomic E-state index is 12.4. The van der Waals surface area contributed by atoms with Gasteiger partial charge in [0.1, 0.15) is 5.75 Å². The Kier molecular flexibility index (Phi) is 3.73. The van der Waals surface area contributed by atoms with Crippen LogP contribution in [-0.4, -0.2) is 19.6 Å². The molecule has 0 aliphatic carbocycles. The standard InChI is InChI=1S/C18H17NO2/c1-21-17-9-5-3-7-15(17)10-11-18(20)19-13-12-14-6-2-4-8-16(14)19/h2-11H,12-13H2,1H3/b11-10+. The number of carbonyl (C=O) groups excluding carboxylic acids is 1. The van der Waals surface area contributed by atoms with Crippen molar-refractivity contribution in [3.8, 4) is 5.75 Å². The van der Waals surface area contributed by atoms with Gasteiger partial charge in [-0.05, 0) is 30.2 Å². The van der Waals surface area contributed by atoms with Crippen molar-refractivity contribution in [2.45, 2.75) is 6.42 Å². The van der Waals surface area contributed by atoms with Gasteiger partial charge in [-0.2, -0.15) is 0 Å². The molecule has 1 aliphatic heterocycles. The molecule has 106 valence electrons. The minimum atomic E-state index is 0.00542. The monoisotopic (exact) mass is 279 g/mol. The molecule has 0 atom stereocenters. The number of anilines is 1. The molecule has 3 rings (SSSR count). The average molecular weight is 279 g/mol. The lowest BCUT2D eigenvalue weighted by atomic mass is 10.1. The SMILES string of the molecule is COc1ccccc1/C=C/C(=O)N1CCc2ccccc21. The van der Waals surface area contributed by atoms with Crippen molar-refractivity contribution in [2.24, 2.45) is 0 Å². The Morgan fingerprint density at radius 3 is 2.76 bits per heavy atom. The summed E-state index contributed by atoms with van der Waals surface area (Å²) >= 11 is 0. The summed E-state index contributed by atoms with van der Waals surface area (Å²) in [6.07, 6.45) is 4.34. The summed E-state index contributed by atoms with van der Waals surface area (Å²) in [6.45, 7) is 0.744. The van der Waals surface area contributed by atoms with Crippen molar-refractivity contribution in [1.29, 1.82) is 0 Å². The normalized spacial score (nSPS) is 13.5. The Balaban J connectivity index is 1.80. The van der Waals surface area contributed by atoms with Crippen LogP contribution in [0.3, 0.4) is 0 Å². The highest BCUT2D eigenvalue weighted by atomic mass is 16.5. The van der Waals surface area contributed by atoms with Crippen LogP contribution in [0.1, 0.15) is 11.1 Å². The largest absolute Gasteiger partial charge is 0.496 e. The lowest BCUT2D eigenvalue weighted by molar-refractivity contribution is -0.114. The number of amides is 1. The number of nitrogens with zero attached hydrogens (tertiary/aromatic N) is 1. The number of fused-ring (bicyclic) bond motifs is 1. The van der Waals surface area contributed by atoms with Gasteiger partial charge in [-0.3, -0.25) is 4.79 Å². The molecule has 0 aromatic heterocycles. The Hall–Kier alpha value is -2.55. The van der Waals surface area contributed by atoms with E-state index in [1.807, 2.05) is 53.4 Å². The molecule has 0 unspecified atom stereocenters. The van der Waals surface area contributed by atoms with Gasteiger partial charge < -0.3 is 9.64 Å². The van der Waals surface area contributed by atoms with E-state index in [1.54, 1.807) is 13.2 Å². The van der Waals surface area contributed by atoms with Gasteiger partial charge in [-0.15, -0.1) is 0 Å². The average Bonchev–Trinajstić information content (AvgIpc) is 2.97. The fourth-order valence-electron chi connectivity index (χ4n) is 2.62. The number of hydrogen-bond acceptors (Lipinski definition) is 2. The van der Waals surface area contributed by atoms with Crippen LogP contribution >= 0.6 is 0 Å². The molecule has 0 saturated carbocycles. The van der Waals surface area contributed by atoms with Crippen LogP contribution in [0.5, 0.6) is 5.75 Å². The Labute approximate surface area is 124 Å². The van der Waals surface area contributed by atoms with Crippen LogP contribution < -0.4 is 9.64 Å². The third-order valence-electron chi connectivity index (χ3n) is 3.70. The molecule has 0 radical (unpaired) electrons. The molecule has 0 N–H and O–H groups in total. The quantitative estimate of drug-likeness (QED) is 0.807. The van der Waals surface area contributed by atoms with E-state index in [-0.39, 0.29) is 5.91 Å². The van der Waals surface area contributed by atoms with Crippen LogP contribution in [0.2, 0.25) is 0 Å². The van der Waals surface area contributed by atoms with E-state index in [0.717, 1.165) is 30.0 Å². The number of methoxy groups -OCH3 is 1. The van der Waals surface area contributed by atoms with Gasteiger partial charge in [-0.25, -0.2) is 0 Å². The highest BCUT2D eigenvalue weighted by Crippen LogP contribution is 2.28. The maximum Gasteiger partial charge on any atom is 0.251 e. The summed E-state index contributed by atoms with van der Waals surface area (Å²) in [5, 5.41) is 0. The second-order valence-corrected chi connectivity index (χ2v) is 4.94. The first kappa shape index (κ1) is 13.4. The highest BCUT2D eigenvalue weighted by molar-refractivity contribution is 6.05. The van der Waals surface area contributed by atoms with Gasteiger partial charge in [0.15, 0.2) is 0 Å². The molecule has 3 heteroatoms. The molecule has 1 amide bonds. The molecular formula is C18H17NO2. The minimum absolute atomic E-state index is 0.00542. The summed E-state index contributed by atoms with van der Waals surface area (Å²) in [6, 6.07) is 15.7. The molecule has 0 fully saturated rings. The Bertz CT molecular complexity index is 691. The fraction of sp³-hybridized carbons (Fsp3) is 0.167. The van der Waals surface area contributed by atoms with Crippen molar-refractivity contribution < 1.29 is 9.53 Å². The van der Waals surface area contributed by atoms with Gasteiger partial charge in [0.05, 0.1) is 7.11 Å². The summed E-state index contributed by atoms with van der Waals surface area (Å²) in [4.78, 5) is 14.2. The van der Waals surface area contributed by atoms with E-state index in [4.69, 9.17) is 4.74 Å². The van der Waals surface area contributed by atoms with Crippen LogP contribution in [-0.2, 0) is 11.2 Å². The van der Waals surface area contributed by atoms with Crippen molar-refractivity contribution >= 4 is 17.7 Å². The predicted octanol–water partition coefficient (Wildman–Crippen LogP) is 3.30. The summed E-state index contributed by atoms with van der Waals surface area (Å²) in [5.74, 6) is 0.772. The Morgan fingerprint density at radius 2 is 1.90 bits per heavy atom. The van der Waals surface area contributed by atoms with Crippen LogP contribution in [0, 0.1) is 0 Å². The first-order valence-corrected chi connectivity index (χ1v) is 7.00. The van der Waals surface area contributed by atoms with Crippen molar-refractivity contribution in [1.82, 2.24) is 0 Å². The lowest BCUT2D eigenvalue weighted by Gasteiger charge is -2.14. The van der Waals surface area contributed by atoms with Crippen LogP contribution in [0.4, 0.5) is 5.69 Å². The lowest BCUT2D eigenvalue weighted by Crippen LogP contribution is -2.26. The second kappa shape index (κ2) is 5.83. The summed E-state index contributed by atoms with van der Waals surface area (Å²) in [7, 11) is 1.63. The Morgan fingerprint density at radius 1 is 1.14 bits per heavy atom. The molecule has 0 bridgehead atoms. The van der Waals surface area contributed by atoms with Gasteiger partial charge in [0.2, 0.25) is 0 Å². The van der Waals surface area contributed by atoms with Gasteiger partial charge >= 0.3 is 0 Å². The van der Waals surface area contributed by atoms with Gasteiger partial charge in [0, 0.05) is 23.9 Å². The zero-order valence-electron chi connectivity index (χ0n) is 12.0. The number of para-hydroxylation sites is 2. The van der Waals surface area contributed by atoms with E-state index in [9.17, 15) is 4.79 Å². The van der Waals surface area contributed by atoms with Gasteiger partial charge in [-0.1, -0.05) is 36.4 Å². The summed E-state index contributed by atoms with van der Waals surface area (Å²) < 4.78 is 5.28. The molecule has 2 aromatic carbocycles. The number of hydrogen-bond donors (Lipinski definition) is 0. The second-order valence-electron chi connectivity index (χ2n) is 4.94. The summed E-state index contributed by atoms with van der Waals surface area (Å²) in [5.41, 5.74) is 3.16. The molecule has 3 nitrogen and oxygen atoms in total. The molecule has 2 aromatic rings. The fourth-order valence-corrected chi connectivity index (χ4v) is 2.62. The first-order valence-electron chi connectivity index (χ1n) is 7.00. The van der Waals surface area contributed by atoms with Crippen molar-refractivity contribution in [3.63, 3.8) is 0 Å². The van der Waals surface area contributed by atoms with Crippen LogP contribution in [0.15, 0.2) is 54.6 Å². The molecule has 21 heavy (non-hydrogen) atoms. The van der Waals surface area contributed by atoms with Crippen molar-refractivity contribution in [3.05, 3.63) is 65.7 Å². The molecule has 1 aliphatic rings. The number of carbonyl (C=O) groups is 1. The van der Waals surface area contributed by atoms with Crippen molar-refractivity contribution in [2.75, 3.05) is 18.6 Å². The van der Waals surface area contributed by atoms with E-state index in [0.29, 0.717) is 0 Å². The van der Waals surface area contributed by atoms with Crippen LogP contribution in [0.25, 0.3) is 6.08 Å². The zero-order chi connectivity index (χ0) is 14.7. The first-order chi connectivity index (χ1) is 10.3. The van der Waals surface area contributed by atoms with E-state index >= 15 is 0 Å². The van der Waals surface area contributed by atoms with E-state index in [1.165, 1.54) is 5.56 Å².